The van der Waals surface area contributed by atoms with Gasteiger partial charge in [-0.1, -0.05) is 0 Å². The summed E-state index contributed by atoms with van der Waals surface area (Å²) in [4.78, 5) is 0. The SMILES string of the molecule is CC(C)c1cccc(C(C)C)c1[N]=[Re]=[N]c1c(C(C)C)cccc1C(C)C.OCCO.[CH3-]. The van der Waals surface area contributed by atoms with E-state index in [4.69, 9.17) is 17.4 Å². The van der Waals surface area contributed by atoms with Crippen molar-refractivity contribution in [2.24, 2.45) is 7.14 Å². The largest absolute Gasteiger partial charge is 0.394 e. The summed E-state index contributed by atoms with van der Waals surface area (Å²) < 4.78 is 10.3. The van der Waals surface area contributed by atoms with Crippen LogP contribution in [0.15, 0.2) is 43.5 Å². The monoisotopic (exact) mass is 614 g/mol. The fraction of sp³-hybridized carbons (Fsp3) is 0.519. The molecule has 0 aliphatic heterocycles. The van der Waals surface area contributed by atoms with Crippen LogP contribution >= 0.6 is 0 Å². The van der Waals surface area contributed by atoms with Gasteiger partial charge in [-0.15, -0.1) is 0 Å². The third-order valence-corrected chi connectivity index (χ3v) is 6.79. The third kappa shape index (κ3) is 8.87. The van der Waals surface area contributed by atoms with Crippen LogP contribution in [0.25, 0.3) is 0 Å². The predicted octanol–water partition coefficient (Wildman–Crippen LogP) is 8.01. The topological polar surface area (TPSA) is 65.2 Å². The quantitative estimate of drug-likeness (QED) is 0.311. The Morgan fingerprint density at radius 3 is 1.03 bits per heavy atom. The summed E-state index contributed by atoms with van der Waals surface area (Å²) in [7, 11) is 0. The van der Waals surface area contributed by atoms with Crippen molar-refractivity contribution in [3.8, 4) is 0 Å². The van der Waals surface area contributed by atoms with Gasteiger partial charge in [0.15, 0.2) is 0 Å². The first kappa shape index (κ1) is 30.6. The molecule has 0 saturated carbocycles. The van der Waals surface area contributed by atoms with E-state index in [9.17, 15) is 0 Å². The van der Waals surface area contributed by atoms with Crippen molar-refractivity contribution >= 4 is 11.4 Å². The van der Waals surface area contributed by atoms with E-state index in [1.54, 1.807) is 0 Å². The number of nitrogens with zero attached hydrogens (tertiary/aromatic N) is 2. The molecule has 0 fully saturated rings. The number of aliphatic hydroxyl groups is 2. The van der Waals surface area contributed by atoms with E-state index in [1.807, 2.05) is 0 Å². The Morgan fingerprint density at radius 2 is 0.844 bits per heavy atom. The van der Waals surface area contributed by atoms with Gasteiger partial charge in [-0.3, -0.25) is 0 Å². The van der Waals surface area contributed by atoms with Gasteiger partial charge in [0.1, 0.15) is 0 Å². The summed E-state index contributed by atoms with van der Waals surface area (Å²) in [5, 5.41) is 15.2. The van der Waals surface area contributed by atoms with E-state index in [1.165, 1.54) is 33.6 Å². The van der Waals surface area contributed by atoms with E-state index in [0.717, 1.165) is 0 Å². The molecule has 0 bridgehead atoms. The maximum atomic E-state index is 7.62. The number of benzene rings is 2. The second kappa shape index (κ2) is 15.5. The van der Waals surface area contributed by atoms with Gasteiger partial charge in [0.25, 0.3) is 0 Å². The summed E-state index contributed by atoms with van der Waals surface area (Å²) in [5.41, 5.74) is 7.83. The van der Waals surface area contributed by atoms with Crippen molar-refractivity contribution in [2.75, 3.05) is 13.2 Å². The molecule has 0 atom stereocenters. The van der Waals surface area contributed by atoms with Crippen LogP contribution < -0.4 is 0 Å². The minimum atomic E-state index is -1.09. The molecule has 0 heterocycles. The zero-order valence-corrected chi connectivity index (χ0v) is 24.1. The molecule has 2 rings (SSSR count). The molecule has 2 N–H and O–H groups in total. The van der Waals surface area contributed by atoms with Gasteiger partial charge in [0, 0.05) is 0 Å². The van der Waals surface area contributed by atoms with Crippen molar-refractivity contribution in [3.05, 3.63) is 66.1 Å². The predicted molar refractivity (Wildman–Crippen MR) is 134 cm³/mol. The number of hydrogen-bond donors (Lipinski definition) is 2. The second-order valence-electron chi connectivity index (χ2n) is 8.88. The first-order valence-corrected chi connectivity index (χ1v) is 13.6. The van der Waals surface area contributed by atoms with Gasteiger partial charge in [-0.05, 0) is 0 Å². The van der Waals surface area contributed by atoms with Crippen LogP contribution in [0.1, 0.15) is 101 Å². The minimum Gasteiger partial charge on any atom is -0.394 e. The first-order valence-electron chi connectivity index (χ1n) is 11.2. The van der Waals surface area contributed by atoms with Crippen LogP contribution in [-0.2, 0) is 17.6 Å². The van der Waals surface area contributed by atoms with E-state index in [0.29, 0.717) is 23.7 Å². The Labute approximate surface area is 204 Å². The molecule has 5 heteroatoms. The summed E-state index contributed by atoms with van der Waals surface area (Å²) in [6.45, 7) is 17.8. The normalized spacial score (nSPS) is 10.7. The van der Waals surface area contributed by atoms with Gasteiger partial charge in [-0.2, -0.15) is 0 Å². The smallest absolute Gasteiger partial charge is 0.0662 e. The minimum absolute atomic E-state index is 0. The van der Waals surface area contributed by atoms with E-state index < -0.39 is 17.6 Å². The van der Waals surface area contributed by atoms with Gasteiger partial charge < -0.3 is 17.6 Å². The van der Waals surface area contributed by atoms with Crippen molar-refractivity contribution in [3.63, 3.8) is 0 Å². The molecule has 0 spiro atoms. The van der Waals surface area contributed by atoms with Crippen molar-refractivity contribution in [1.29, 1.82) is 0 Å². The van der Waals surface area contributed by atoms with Crippen molar-refractivity contribution < 1.29 is 27.8 Å². The molecule has 0 amide bonds. The van der Waals surface area contributed by atoms with E-state index in [2.05, 4.69) is 91.8 Å². The molecule has 2 aromatic carbocycles. The Bertz CT molecular complexity index is 761. The van der Waals surface area contributed by atoms with Crippen LogP contribution in [0.4, 0.5) is 11.4 Å². The Hall–Kier alpha value is -1.38. The molecular formula is C27H43N2O2Re-. The molecular weight excluding hydrogens is 571 g/mol. The third-order valence-electron chi connectivity index (χ3n) is 5.03. The van der Waals surface area contributed by atoms with Crippen LogP contribution in [-0.4, -0.2) is 23.4 Å². The van der Waals surface area contributed by atoms with E-state index in [-0.39, 0.29) is 20.6 Å². The average Bonchev–Trinajstić information content (AvgIpc) is 2.73. The van der Waals surface area contributed by atoms with Gasteiger partial charge >= 0.3 is 174 Å². The molecule has 181 valence electrons. The van der Waals surface area contributed by atoms with Gasteiger partial charge in [0.2, 0.25) is 0 Å². The molecule has 0 unspecified atom stereocenters. The van der Waals surface area contributed by atoms with Crippen LogP contribution in [0.5, 0.6) is 0 Å². The van der Waals surface area contributed by atoms with Crippen molar-refractivity contribution in [1.82, 2.24) is 0 Å². The van der Waals surface area contributed by atoms with Gasteiger partial charge in [0.05, 0.1) is 13.2 Å². The molecule has 4 nitrogen and oxygen atoms in total. The maximum Gasteiger partial charge on any atom is 0.0662 e. The Balaban J connectivity index is 0.00000177. The summed E-state index contributed by atoms with van der Waals surface area (Å²) in [6.07, 6.45) is 0. The molecule has 0 aromatic heterocycles. The Morgan fingerprint density at radius 1 is 0.594 bits per heavy atom. The maximum absolute atomic E-state index is 7.62. The van der Waals surface area contributed by atoms with Crippen molar-refractivity contribution in [2.45, 2.75) is 79.1 Å². The number of hydrogen-bond acceptors (Lipinski definition) is 4. The fourth-order valence-corrected chi connectivity index (χ4v) is 5.39. The number of aliphatic hydroxyl groups excluding tert-OH is 2. The summed E-state index contributed by atoms with van der Waals surface area (Å²) in [6, 6.07) is 13.3. The first-order chi connectivity index (χ1) is 14.6. The van der Waals surface area contributed by atoms with Crippen LogP contribution in [0, 0.1) is 7.43 Å². The van der Waals surface area contributed by atoms with Crippen LogP contribution in [0.3, 0.4) is 0 Å². The van der Waals surface area contributed by atoms with Crippen LogP contribution in [0.2, 0.25) is 0 Å². The fourth-order valence-electron chi connectivity index (χ4n) is 3.31. The molecule has 0 aliphatic rings. The molecule has 0 saturated heterocycles. The zero-order valence-electron chi connectivity index (χ0n) is 21.4. The zero-order chi connectivity index (χ0) is 23.6. The molecule has 32 heavy (non-hydrogen) atoms. The molecule has 0 radical (unpaired) electrons. The second-order valence-corrected chi connectivity index (χ2v) is 10.6. The summed E-state index contributed by atoms with van der Waals surface area (Å²) in [5.74, 6) is 1.92. The Kier molecular flexibility index (Phi) is 14.8. The molecule has 0 aliphatic carbocycles. The molecule has 2 aromatic rings. The standard InChI is InChI=1S/2C12H17N.C2H6O2.CH3.Re/c2*1-8(2)10-6-5-7-11(9(3)4)12(10)13;3-1-2-4;;/h2*5-9H,1-4H3;3-4H,1-2H2;1H3;/q;;;-1;. The van der Waals surface area contributed by atoms with E-state index >= 15 is 0 Å². The van der Waals surface area contributed by atoms with Gasteiger partial charge in [-0.25, -0.2) is 0 Å². The summed E-state index contributed by atoms with van der Waals surface area (Å²) >= 11 is -1.09. The average molecular weight is 614 g/mol. The number of rotatable bonds is 7.